The van der Waals surface area contributed by atoms with Gasteiger partial charge in [-0.2, -0.15) is 13.2 Å². The lowest BCUT2D eigenvalue weighted by Gasteiger charge is -2.36. The molecule has 2 atom stereocenters. The number of rotatable bonds is 3. The van der Waals surface area contributed by atoms with Crippen LogP contribution in [0, 0.1) is 17.7 Å². The molecule has 206 valence electrons. The number of aliphatic carboxylic acids is 1. The lowest BCUT2D eigenvalue weighted by molar-refractivity contribution is -0.192. The van der Waals surface area contributed by atoms with E-state index in [1.54, 1.807) is 0 Å². The molecule has 0 aliphatic carbocycles. The van der Waals surface area contributed by atoms with Crippen molar-refractivity contribution in [3.05, 3.63) is 29.1 Å². The fourth-order valence-corrected chi connectivity index (χ4v) is 5.50. The van der Waals surface area contributed by atoms with E-state index >= 15 is 0 Å². The van der Waals surface area contributed by atoms with Gasteiger partial charge in [0.25, 0.3) is 11.8 Å². The van der Waals surface area contributed by atoms with Crippen LogP contribution in [0.5, 0.6) is 0 Å². The first-order valence-electron chi connectivity index (χ1n) is 12.2. The summed E-state index contributed by atoms with van der Waals surface area (Å²) >= 11 is 0. The van der Waals surface area contributed by atoms with Crippen LogP contribution in [-0.2, 0) is 14.4 Å². The normalized spacial score (nSPS) is 24.2. The quantitative estimate of drug-likeness (QED) is 0.388. The molecule has 10 nitrogen and oxygen atoms in total. The smallest absolute Gasteiger partial charge is 0.475 e. The molecule has 14 heteroatoms. The SMILES string of the molecule is O=C(O)C(F)(F)F.O=C1CCC(N2C(=O)c3ccc(F)c(N4CCC(C5CCNC5)CC4)c3C2=O)C(=O)N1. The van der Waals surface area contributed by atoms with Crippen LogP contribution >= 0.6 is 0 Å². The minimum atomic E-state index is -5.08. The van der Waals surface area contributed by atoms with E-state index in [9.17, 15) is 36.7 Å². The Morgan fingerprint density at radius 3 is 2.18 bits per heavy atom. The summed E-state index contributed by atoms with van der Waals surface area (Å²) in [5.74, 6) is -4.45. The lowest BCUT2D eigenvalue weighted by atomic mass is 9.83. The monoisotopic (exact) mass is 542 g/mol. The van der Waals surface area contributed by atoms with Gasteiger partial charge in [0.1, 0.15) is 11.9 Å². The Hall–Kier alpha value is -3.55. The molecular weight excluding hydrogens is 516 g/mol. The summed E-state index contributed by atoms with van der Waals surface area (Å²) < 4.78 is 46.7. The third-order valence-electron chi connectivity index (χ3n) is 7.40. The molecule has 1 aromatic rings. The fourth-order valence-electron chi connectivity index (χ4n) is 5.50. The van der Waals surface area contributed by atoms with Crippen LogP contribution in [-0.4, -0.2) is 78.0 Å². The van der Waals surface area contributed by atoms with Gasteiger partial charge in [0.2, 0.25) is 11.8 Å². The number of nitrogens with zero attached hydrogens (tertiary/aromatic N) is 2. The van der Waals surface area contributed by atoms with Crippen molar-refractivity contribution in [3.63, 3.8) is 0 Å². The molecular formula is C24H26F4N4O6. The molecule has 4 aliphatic heterocycles. The molecule has 0 radical (unpaired) electrons. The molecule has 3 saturated heterocycles. The minimum Gasteiger partial charge on any atom is -0.475 e. The average Bonchev–Trinajstić information content (AvgIpc) is 3.47. The summed E-state index contributed by atoms with van der Waals surface area (Å²) in [6.07, 6.45) is -1.97. The number of alkyl halides is 3. The Kier molecular flexibility index (Phi) is 7.72. The van der Waals surface area contributed by atoms with Gasteiger partial charge in [-0.1, -0.05) is 0 Å². The zero-order chi connectivity index (χ0) is 27.8. The summed E-state index contributed by atoms with van der Waals surface area (Å²) in [6.45, 7) is 3.30. The molecule has 5 rings (SSSR count). The lowest BCUT2D eigenvalue weighted by Crippen LogP contribution is -2.54. The molecule has 4 amide bonds. The van der Waals surface area contributed by atoms with Crippen molar-refractivity contribution in [1.29, 1.82) is 0 Å². The van der Waals surface area contributed by atoms with E-state index in [1.807, 2.05) is 4.90 Å². The largest absolute Gasteiger partial charge is 0.490 e. The van der Waals surface area contributed by atoms with Gasteiger partial charge in [-0.05, 0) is 62.7 Å². The Morgan fingerprint density at radius 2 is 1.63 bits per heavy atom. The maximum atomic E-state index is 15.0. The minimum absolute atomic E-state index is 0.0377. The number of imide groups is 2. The van der Waals surface area contributed by atoms with Crippen molar-refractivity contribution in [3.8, 4) is 0 Å². The summed E-state index contributed by atoms with van der Waals surface area (Å²) in [5, 5.41) is 12.7. The maximum Gasteiger partial charge on any atom is 0.490 e. The number of fused-ring (bicyclic) bond motifs is 1. The first kappa shape index (κ1) is 27.5. The Labute approximate surface area is 214 Å². The molecule has 3 fully saturated rings. The van der Waals surface area contributed by atoms with Gasteiger partial charge in [-0.15, -0.1) is 0 Å². The number of amides is 4. The molecule has 0 spiro atoms. The van der Waals surface area contributed by atoms with E-state index in [0.29, 0.717) is 24.9 Å². The van der Waals surface area contributed by atoms with E-state index < -0.39 is 47.6 Å². The summed E-state index contributed by atoms with van der Waals surface area (Å²) in [5.41, 5.74) is 0.317. The number of carbonyl (C=O) groups excluding carboxylic acids is 4. The number of hydrogen-bond donors (Lipinski definition) is 3. The summed E-state index contributed by atoms with van der Waals surface area (Å²) in [7, 11) is 0. The zero-order valence-corrected chi connectivity index (χ0v) is 20.1. The highest BCUT2D eigenvalue weighted by atomic mass is 19.4. The highest BCUT2D eigenvalue weighted by molar-refractivity contribution is 6.25. The van der Waals surface area contributed by atoms with E-state index in [2.05, 4.69) is 10.6 Å². The molecule has 1 aromatic carbocycles. The van der Waals surface area contributed by atoms with Crippen LogP contribution < -0.4 is 15.5 Å². The highest BCUT2D eigenvalue weighted by Crippen LogP contribution is 2.39. The van der Waals surface area contributed by atoms with Crippen molar-refractivity contribution in [2.24, 2.45) is 11.8 Å². The van der Waals surface area contributed by atoms with Crippen LogP contribution in [0.2, 0.25) is 0 Å². The first-order valence-corrected chi connectivity index (χ1v) is 12.2. The van der Waals surface area contributed by atoms with Crippen molar-refractivity contribution in [1.82, 2.24) is 15.5 Å². The van der Waals surface area contributed by atoms with Gasteiger partial charge in [-0.25, -0.2) is 9.18 Å². The van der Waals surface area contributed by atoms with Crippen molar-refractivity contribution < 1.29 is 46.6 Å². The second kappa shape index (κ2) is 10.7. The van der Waals surface area contributed by atoms with Gasteiger partial charge in [0, 0.05) is 19.5 Å². The van der Waals surface area contributed by atoms with Crippen LogP contribution in [0.15, 0.2) is 12.1 Å². The number of benzene rings is 1. The van der Waals surface area contributed by atoms with Crippen molar-refractivity contribution in [2.45, 2.75) is 44.3 Å². The van der Waals surface area contributed by atoms with Crippen LogP contribution in [0.4, 0.5) is 23.2 Å². The number of carbonyl (C=O) groups is 5. The molecule has 3 N–H and O–H groups in total. The standard InChI is InChI=1S/C22H25FN4O4.C2HF3O2/c23-15-2-1-14-18(19(15)26-9-6-12(7-10-26)13-5-8-24-11-13)22(31)27(21(14)30)16-3-4-17(28)25-20(16)29;3-2(4,5)1(6)7/h1-2,12-13,16,24H,3-11H2,(H,25,28,29);(H,6,7). The predicted octanol–water partition coefficient (Wildman–Crippen LogP) is 1.69. The van der Waals surface area contributed by atoms with E-state index in [1.165, 1.54) is 12.1 Å². The Bertz CT molecular complexity index is 1160. The third kappa shape index (κ3) is 5.35. The van der Waals surface area contributed by atoms with Crippen molar-refractivity contribution in [2.75, 3.05) is 31.1 Å². The Balaban J connectivity index is 0.000000426. The van der Waals surface area contributed by atoms with E-state index in [4.69, 9.17) is 9.90 Å². The fraction of sp³-hybridized carbons (Fsp3) is 0.542. The van der Waals surface area contributed by atoms with Crippen LogP contribution in [0.1, 0.15) is 52.8 Å². The number of carboxylic acids is 1. The Morgan fingerprint density at radius 1 is 0.974 bits per heavy atom. The second-order valence-electron chi connectivity index (χ2n) is 9.65. The molecule has 0 aromatic heterocycles. The van der Waals surface area contributed by atoms with E-state index in [0.717, 1.165) is 37.3 Å². The third-order valence-corrected chi connectivity index (χ3v) is 7.40. The van der Waals surface area contributed by atoms with Crippen LogP contribution in [0.25, 0.3) is 0 Å². The van der Waals surface area contributed by atoms with Gasteiger partial charge in [0.15, 0.2) is 0 Å². The second-order valence-corrected chi connectivity index (χ2v) is 9.65. The number of halogens is 4. The van der Waals surface area contributed by atoms with E-state index in [-0.39, 0.29) is 29.7 Å². The van der Waals surface area contributed by atoms with Crippen molar-refractivity contribution >= 4 is 35.3 Å². The number of carboxylic acid groups (broad SMARTS) is 1. The highest BCUT2D eigenvalue weighted by Gasteiger charge is 2.47. The van der Waals surface area contributed by atoms with Crippen LogP contribution in [0.3, 0.4) is 0 Å². The zero-order valence-electron chi connectivity index (χ0n) is 20.1. The summed E-state index contributed by atoms with van der Waals surface area (Å²) in [6, 6.07) is 1.49. The molecule has 38 heavy (non-hydrogen) atoms. The molecule has 0 bridgehead atoms. The molecule has 2 unspecified atom stereocenters. The number of piperidine rings is 2. The number of anilines is 1. The topological polar surface area (TPSA) is 136 Å². The van der Waals surface area contributed by atoms with Gasteiger partial charge in [-0.3, -0.25) is 29.4 Å². The predicted molar refractivity (Wildman–Crippen MR) is 123 cm³/mol. The van der Waals surface area contributed by atoms with Gasteiger partial charge < -0.3 is 15.3 Å². The first-order chi connectivity index (χ1) is 17.9. The molecule has 4 aliphatic rings. The van der Waals surface area contributed by atoms with Gasteiger partial charge in [0.05, 0.1) is 16.8 Å². The number of nitrogens with one attached hydrogen (secondary N) is 2. The summed E-state index contributed by atoms with van der Waals surface area (Å²) in [4.78, 5) is 61.7. The maximum absolute atomic E-state index is 15.0. The molecule has 0 saturated carbocycles. The number of hydrogen-bond acceptors (Lipinski definition) is 7. The average molecular weight is 542 g/mol. The molecule has 4 heterocycles. The van der Waals surface area contributed by atoms with Gasteiger partial charge >= 0.3 is 12.1 Å².